The predicted molar refractivity (Wildman–Crippen MR) is 59.9 cm³/mol. The van der Waals surface area contributed by atoms with E-state index in [0.29, 0.717) is 11.8 Å². The van der Waals surface area contributed by atoms with E-state index < -0.39 is 0 Å². The first-order chi connectivity index (χ1) is 7.22. The van der Waals surface area contributed by atoms with Gasteiger partial charge >= 0.3 is 0 Å². The van der Waals surface area contributed by atoms with E-state index in [-0.39, 0.29) is 4.83 Å². The molecule has 0 fully saturated rings. The molecule has 0 aromatic carbocycles. The van der Waals surface area contributed by atoms with E-state index in [1.165, 1.54) is 11.5 Å². The van der Waals surface area contributed by atoms with Crippen molar-refractivity contribution < 1.29 is 4.42 Å². The van der Waals surface area contributed by atoms with Crippen molar-refractivity contribution in [3.05, 3.63) is 11.6 Å². The molecule has 1 atom stereocenters. The van der Waals surface area contributed by atoms with Gasteiger partial charge in [0.15, 0.2) is 0 Å². The van der Waals surface area contributed by atoms with Gasteiger partial charge in [0.25, 0.3) is 5.89 Å². The predicted octanol–water partition coefficient (Wildman–Crippen LogP) is 2.74. The van der Waals surface area contributed by atoms with Gasteiger partial charge in [0.05, 0.1) is 10.5 Å². The van der Waals surface area contributed by atoms with Crippen molar-refractivity contribution in [3.8, 4) is 10.8 Å². The molecule has 7 heteroatoms. The minimum Gasteiger partial charge on any atom is -0.419 e. The molecule has 0 saturated carbocycles. The lowest BCUT2D eigenvalue weighted by Crippen LogP contribution is -1.86. The fraction of sp³-hybridized carbons (Fsp3) is 0.500. The van der Waals surface area contributed by atoms with Gasteiger partial charge in [-0.15, -0.1) is 15.3 Å². The molecule has 0 aliphatic rings. The Labute approximate surface area is 99.2 Å². The molecule has 0 spiro atoms. The number of rotatable bonds is 3. The van der Waals surface area contributed by atoms with Crippen LogP contribution < -0.4 is 0 Å². The summed E-state index contributed by atoms with van der Waals surface area (Å²) in [5.74, 6) is 1.09. The van der Waals surface area contributed by atoms with Crippen molar-refractivity contribution in [3.63, 3.8) is 0 Å². The second-order valence-electron chi connectivity index (χ2n) is 3.01. The summed E-state index contributed by atoms with van der Waals surface area (Å²) in [5.41, 5.74) is 0.817. The highest BCUT2D eigenvalue weighted by molar-refractivity contribution is 9.09. The number of hydrogen-bond donors (Lipinski definition) is 0. The summed E-state index contributed by atoms with van der Waals surface area (Å²) in [6.45, 7) is 3.91. The smallest absolute Gasteiger partial charge is 0.261 e. The summed E-state index contributed by atoms with van der Waals surface area (Å²) in [6, 6.07) is 0. The third-order valence-corrected chi connectivity index (χ3v) is 3.77. The van der Waals surface area contributed by atoms with Crippen molar-refractivity contribution in [2.45, 2.75) is 25.1 Å². The van der Waals surface area contributed by atoms with E-state index in [9.17, 15) is 0 Å². The van der Waals surface area contributed by atoms with Gasteiger partial charge in [0, 0.05) is 0 Å². The van der Waals surface area contributed by atoms with Gasteiger partial charge in [-0.1, -0.05) is 27.3 Å². The highest BCUT2D eigenvalue weighted by Gasteiger charge is 2.17. The van der Waals surface area contributed by atoms with Crippen LogP contribution >= 0.6 is 27.5 Å². The van der Waals surface area contributed by atoms with Crippen molar-refractivity contribution in [2.24, 2.45) is 0 Å². The summed E-state index contributed by atoms with van der Waals surface area (Å²) < 4.78 is 9.35. The maximum atomic E-state index is 5.52. The monoisotopic (exact) mass is 288 g/mol. The zero-order valence-corrected chi connectivity index (χ0v) is 10.7. The Morgan fingerprint density at radius 1 is 1.40 bits per heavy atom. The van der Waals surface area contributed by atoms with E-state index in [1.807, 2.05) is 13.8 Å². The largest absolute Gasteiger partial charge is 0.419 e. The van der Waals surface area contributed by atoms with Crippen LogP contribution in [-0.4, -0.2) is 19.8 Å². The maximum absolute atomic E-state index is 5.52. The van der Waals surface area contributed by atoms with Crippen LogP contribution in [0.2, 0.25) is 0 Å². The van der Waals surface area contributed by atoms with Gasteiger partial charge in [-0.05, 0) is 24.9 Å². The molecule has 15 heavy (non-hydrogen) atoms. The lowest BCUT2D eigenvalue weighted by molar-refractivity contribution is 0.501. The molecule has 0 radical (unpaired) electrons. The molecule has 2 aromatic heterocycles. The molecule has 2 rings (SSSR count). The first-order valence-electron chi connectivity index (χ1n) is 4.49. The first kappa shape index (κ1) is 10.7. The number of aromatic nitrogens is 4. The molecule has 1 unspecified atom stereocenters. The summed E-state index contributed by atoms with van der Waals surface area (Å²) in [5, 5.41) is 11.8. The number of hydrogen-bond acceptors (Lipinski definition) is 6. The highest BCUT2D eigenvalue weighted by atomic mass is 79.9. The Morgan fingerprint density at radius 2 is 2.20 bits per heavy atom. The van der Waals surface area contributed by atoms with Gasteiger partial charge in [0.2, 0.25) is 5.89 Å². The van der Waals surface area contributed by atoms with E-state index in [0.717, 1.165) is 17.0 Å². The third-order valence-electron chi connectivity index (χ3n) is 1.91. The average Bonchev–Trinajstić information content (AvgIpc) is 2.84. The third kappa shape index (κ3) is 2.07. The molecule has 0 N–H and O–H groups in total. The van der Waals surface area contributed by atoms with Crippen molar-refractivity contribution in [2.75, 3.05) is 0 Å². The molecule has 2 aromatic rings. The summed E-state index contributed by atoms with van der Waals surface area (Å²) in [6.07, 6.45) is 0.904. The van der Waals surface area contributed by atoms with Crippen LogP contribution in [-0.2, 0) is 0 Å². The van der Waals surface area contributed by atoms with E-state index in [1.54, 1.807) is 0 Å². The Balaban J connectivity index is 2.32. The van der Waals surface area contributed by atoms with E-state index in [4.69, 9.17) is 4.42 Å². The molecule has 0 aliphatic heterocycles. The Morgan fingerprint density at radius 3 is 2.80 bits per heavy atom. The van der Waals surface area contributed by atoms with Gasteiger partial charge in [0.1, 0.15) is 4.88 Å². The van der Waals surface area contributed by atoms with Gasteiger partial charge in [-0.2, -0.15) is 0 Å². The molecule has 0 amide bonds. The van der Waals surface area contributed by atoms with Crippen LogP contribution in [0, 0.1) is 6.92 Å². The number of halogens is 1. The molecular weight excluding hydrogens is 280 g/mol. The molecular formula is C8H9BrN4OS. The standard InChI is InChI=1S/C8H9BrN4OS/c1-3-5(9)7-11-12-8(14-7)6-4(2)10-13-15-6/h5H,3H2,1-2H3. The minimum absolute atomic E-state index is 0.111. The Kier molecular flexibility index (Phi) is 3.11. The van der Waals surface area contributed by atoms with Crippen LogP contribution in [0.3, 0.4) is 0 Å². The van der Waals surface area contributed by atoms with Gasteiger partial charge in [-0.3, -0.25) is 0 Å². The van der Waals surface area contributed by atoms with Crippen LogP contribution in [0.4, 0.5) is 0 Å². The molecule has 80 valence electrons. The van der Waals surface area contributed by atoms with Crippen molar-refractivity contribution >= 4 is 27.5 Å². The summed E-state index contributed by atoms with van der Waals surface area (Å²) >= 11 is 4.72. The topological polar surface area (TPSA) is 64.7 Å². The van der Waals surface area contributed by atoms with Crippen molar-refractivity contribution in [1.29, 1.82) is 0 Å². The molecule has 2 heterocycles. The minimum atomic E-state index is 0.111. The average molecular weight is 289 g/mol. The molecule has 0 aliphatic carbocycles. The Bertz CT molecular complexity index is 455. The van der Waals surface area contributed by atoms with Crippen LogP contribution in [0.1, 0.15) is 29.8 Å². The normalized spacial score (nSPS) is 13.0. The van der Waals surface area contributed by atoms with Crippen molar-refractivity contribution in [1.82, 2.24) is 19.8 Å². The fourth-order valence-electron chi connectivity index (χ4n) is 1.06. The SMILES string of the molecule is CCC(Br)c1nnc(-c2snnc2C)o1. The molecule has 0 bridgehead atoms. The van der Waals surface area contributed by atoms with E-state index >= 15 is 0 Å². The van der Waals surface area contributed by atoms with Crippen LogP contribution in [0.5, 0.6) is 0 Å². The van der Waals surface area contributed by atoms with Crippen LogP contribution in [0.25, 0.3) is 10.8 Å². The molecule has 0 saturated heterocycles. The number of alkyl halides is 1. The molecule has 5 nitrogen and oxygen atoms in total. The van der Waals surface area contributed by atoms with E-state index in [2.05, 4.69) is 35.7 Å². The Hall–Kier alpha value is -0.820. The summed E-state index contributed by atoms with van der Waals surface area (Å²) in [7, 11) is 0. The van der Waals surface area contributed by atoms with Gasteiger partial charge < -0.3 is 4.42 Å². The lowest BCUT2D eigenvalue weighted by atomic mass is 10.3. The zero-order chi connectivity index (χ0) is 10.8. The summed E-state index contributed by atoms with van der Waals surface area (Å²) in [4.78, 5) is 0.949. The van der Waals surface area contributed by atoms with Crippen LogP contribution in [0.15, 0.2) is 4.42 Å². The zero-order valence-electron chi connectivity index (χ0n) is 8.27. The highest BCUT2D eigenvalue weighted by Crippen LogP contribution is 2.29. The fourth-order valence-corrected chi connectivity index (χ4v) is 1.82. The lowest BCUT2D eigenvalue weighted by Gasteiger charge is -1.97. The quantitative estimate of drug-likeness (QED) is 0.813. The second kappa shape index (κ2) is 4.36. The van der Waals surface area contributed by atoms with Gasteiger partial charge in [-0.25, -0.2) is 0 Å². The second-order valence-corrected chi connectivity index (χ2v) is 4.87. The maximum Gasteiger partial charge on any atom is 0.261 e. The first-order valence-corrected chi connectivity index (χ1v) is 6.18. The number of aryl methyl sites for hydroxylation is 1. The number of nitrogens with zero attached hydrogens (tertiary/aromatic N) is 4.